The van der Waals surface area contributed by atoms with Gasteiger partial charge in [-0.15, -0.1) is 0 Å². The van der Waals surface area contributed by atoms with Crippen LogP contribution < -0.4 is 5.73 Å². The first-order chi connectivity index (χ1) is 11.5. The minimum atomic E-state index is 0.598. The molecule has 3 heteroatoms. The molecular weight excluding hydrogens is 294 g/mol. The molecule has 0 aromatic heterocycles. The van der Waals surface area contributed by atoms with E-state index in [1.807, 2.05) is 12.1 Å². The van der Waals surface area contributed by atoms with Crippen LogP contribution in [0.5, 0.6) is 0 Å². The van der Waals surface area contributed by atoms with E-state index in [9.17, 15) is 0 Å². The number of hydrogen-bond donors (Lipinski definition) is 1. The van der Waals surface area contributed by atoms with Gasteiger partial charge >= 0.3 is 0 Å². The maximum atomic E-state index is 5.82. The summed E-state index contributed by atoms with van der Waals surface area (Å²) in [7, 11) is 2.24. The summed E-state index contributed by atoms with van der Waals surface area (Å²) in [5, 5.41) is 0. The predicted octanol–water partition coefficient (Wildman–Crippen LogP) is 4.20. The zero-order valence-corrected chi connectivity index (χ0v) is 16.2. The van der Waals surface area contributed by atoms with Crippen LogP contribution in [0.25, 0.3) is 0 Å². The second-order valence-corrected chi connectivity index (χ2v) is 7.79. The fourth-order valence-electron chi connectivity index (χ4n) is 3.86. The Balaban J connectivity index is 1.87. The molecule has 0 bridgehead atoms. The van der Waals surface area contributed by atoms with Crippen LogP contribution in [0.1, 0.15) is 57.9 Å². The number of nitrogens with zero attached hydrogens (tertiary/aromatic N) is 2. The summed E-state index contributed by atoms with van der Waals surface area (Å²) in [6.07, 6.45) is 5.27. The first kappa shape index (κ1) is 19.3. The average molecular weight is 332 g/mol. The van der Waals surface area contributed by atoms with Gasteiger partial charge in [0.1, 0.15) is 0 Å². The minimum Gasteiger partial charge on any atom is -0.399 e. The summed E-state index contributed by atoms with van der Waals surface area (Å²) >= 11 is 0. The number of anilines is 1. The Bertz CT molecular complexity index is 462. The summed E-state index contributed by atoms with van der Waals surface area (Å²) < 4.78 is 0. The van der Waals surface area contributed by atoms with Crippen LogP contribution in [0, 0.1) is 5.92 Å². The molecule has 1 aromatic rings. The van der Waals surface area contributed by atoms with E-state index in [4.69, 9.17) is 5.73 Å². The van der Waals surface area contributed by atoms with Crippen molar-refractivity contribution in [3.63, 3.8) is 0 Å². The monoisotopic (exact) mass is 331 g/mol. The number of likely N-dealkylation sites (N-methyl/N-ethyl adjacent to an activating group) is 1. The van der Waals surface area contributed by atoms with Gasteiger partial charge in [-0.05, 0) is 55.8 Å². The predicted molar refractivity (Wildman–Crippen MR) is 105 cm³/mol. The molecular formula is C21H37N3. The van der Waals surface area contributed by atoms with E-state index in [1.54, 1.807) is 0 Å². The van der Waals surface area contributed by atoms with Crippen molar-refractivity contribution in [3.05, 3.63) is 29.8 Å². The lowest BCUT2D eigenvalue weighted by Crippen LogP contribution is -2.49. The molecule has 0 saturated carbocycles. The van der Waals surface area contributed by atoms with Crippen molar-refractivity contribution in [3.8, 4) is 0 Å². The molecule has 136 valence electrons. The van der Waals surface area contributed by atoms with E-state index in [2.05, 4.69) is 49.8 Å². The number of nitrogen functional groups attached to an aromatic ring is 1. The molecule has 0 amide bonds. The standard InChI is InChI=1S/C21H37N3/c1-5-6-21(24-15-13-23(4)14-16-24)12-7-17(2)18(3)19-8-10-20(22)11-9-19/h8-11,17-18,21H,5-7,12-16,22H2,1-4H3. The van der Waals surface area contributed by atoms with E-state index in [0.717, 1.165) is 11.7 Å². The molecule has 1 aromatic carbocycles. The fourth-order valence-corrected chi connectivity index (χ4v) is 3.86. The normalized spacial score (nSPS) is 20.7. The molecule has 1 fully saturated rings. The summed E-state index contributed by atoms with van der Waals surface area (Å²) in [5.74, 6) is 1.31. The van der Waals surface area contributed by atoms with E-state index < -0.39 is 0 Å². The molecule has 0 aliphatic carbocycles. The molecule has 1 saturated heterocycles. The van der Waals surface area contributed by atoms with Gasteiger partial charge in [0.2, 0.25) is 0 Å². The van der Waals surface area contributed by atoms with Crippen LogP contribution in [0.4, 0.5) is 5.69 Å². The van der Waals surface area contributed by atoms with Crippen molar-refractivity contribution in [2.24, 2.45) is 5.92 Å². The lowest BCUT2D eigenvalue weighted by Gasteiger charge is -2.38. The number of rotatable bonds is 8. The van der Waals surface area contributed by atoms with Crippen molar-refractivity contribution >= 4 is 5.69 Å². The van der Waals surface area contributed by atoms with Crippen molar-refractivity contribution in [2.45, 2.75) is 58.4 Å². The molecule has 0 radical (unpaired) electrons. The van der Waals surface area contributed by atoms with Gasteiger partial charge < -0.3 is 10.6 Å². The summed E-state index contributed by atoms with van der Waals surface area (Å²) in [6.45, 7) is 12.0. The zero-order chi connectivity index (χ0) is 17.5. The smallest absolute Gasteiger partial charge is 0.0314 e. The number of hydrogen-bond acceptors (Lipinski definition) is 3. The SMILES string of the molecule is CCCC(CCC(C)C(C)c1ccc(N)cc1)N1CCN(C)CC1. The van der Waals surface area contributed by atoms with Crippen LogP contribution >= 0.6 is 0 Å². The van der Waals surface area contributed by atoms with Crippen molar-refractivity contribution in [1.29, 1.82) is 0 Å². The largest absolute Gasteiger partial charge is 0.399 e. The Kier molecular flexibility index (Phi) is 7.57. The Morgan fingerprint density at radius 1 is 0.958 bits per heavy atom. The highest BCUT2D eigenvalue weighted by Gasteiger charge is 2.23. The third-order valence-corrected chi connectivity index (χ3v) is 5.95. The van der Waals surface area contributed by atoms with Crippen LogP contribution in [-0.2, 0) is 0 Å². The molecule has 2 rings (SSSR count). The molecule has 1 aliphatic heterocycles. The van der Waals surface area contributed by atoms with Gasteiger partial charge in [-0.3, -0.25) is 4.90 Å². The Labute approximate surface area is 149 Å². The maximum absolute atomic E-state index is 5.82. The summed E-state index contributed by atoms with van der Waals surface area (Å²) in [5.41, 5.74) is 8.10. The molecule has 0 spiro atoms. The highest BCUT2D eigenvalue weighted by molar-refractivity contribution is 5.40. The van der Waals surface area contributed by atoms with E-state index >= 15 is 0 Å². The van der Waals surface area contributed by atoms with Crippen LogP contribution in [0.15, 0.2) is 24.3 Å². The molecule has 3 nitrogen and oxygen atoms in total. The third kappa shape index (κ3) is 5.49. The molecule has 1 aliphatic rings. The lowest BCUT2D eigenvalue weighted by atomic mass is 9.84. The van der Waals surface area contributed by atoms with Gasteiger partial charge in [-0.25, -0.2) is 0 Å². The van der Waals surface area contributed by atoms with Crippen LogP contribution in [0.2, 0.25) is 0 Å². The van der Waals surface area contributed by atoms with Gasteiger partial charge in [0.25, 0.3) is 0 Å². The van der Waals surface area contributed by atoms with Gasteiger partial charge in [0.15, 0.2) is 0 Å². The molecule has 24 heavy (non-hydrogen) atoms. The quantitative estimate of drug-likeness (QED) is 0.725. The molecule has 3 atom stereocenters. The van der Waals surface area contributed by atoms with E-state index in [-0.39, 0.29) is 0 Å². The third-order valence-electron chi connectivity index (χ3n) is 5.95. The average Bonchev–Trinajstić information content (AvgIpc) is 2.59. The number of nitrogens with two attached hydrogens (primary N) is 1. The molecule has 2 N–H and O–H groups in total. The van der Waals surface area contributed by atoms with Gasteiger partial charge in [-0.1, -0.05) is 39.3 Å². The minimum absolute atomic E-state index is 0.598. The van der Waals surface area contributed by atoms with Crippen molar-refractivity contribution < 1.29 is 0 Å². The zero-order valence-electron chi connectivity index (χ0n) is 16.2. The Morgan fingerprint density at radius 2 is 1.58 bits per heavy atom. The summed E-state index contributed by atoms with van der Waals surface area (Å²) in [4.78, 5) is 5.19. The number of benzene rings is 1. The Hall–Kier alpha value is -1.06. The summed E-state index contributed by atoms with van der Waals surface area (Å²) in [6, 6.07) is 9.22. The first-order valence-corrected chi connectivity index (χ1v) is 9.79. The fraction of sp³-hybridized carbons (Fsp3) is 0.714. The van der Waals surface area contributed by atoms with Crippen molar-refractivity contribution in [1.82, 2.24) is 9.80 Å². The number of piperazine rings is 1. The van der Waals surface area contributed by atoms with Crippen LogP contribution in [-0.4, -0.2) is 49.1 Å². The topological polar surface area (TPSA) is 32.5 Å². The molecule has 3 unspecified atom stereocenters. The second-order valence-electron chi connectivity index (χ2n) is 7.79. The van der Waals surface area contributed by atoms with Gasteiger partial charge in [-0.2, -0.15) is 0 Å². The van der Waals surface area contributed by atoms with Gasteiger partial charge in [0, 0.05) is 37.9 Å². The lowest BCUT2D eigenvalue weighted by molar-refractivity contribution is 0.0975. The van der Waals surface area contributed by atoms with Crippen molar-refractivity contribution in [2.75, 3.05) is 39.0 Å². The Morgan fingerprint density at radius 3 is 2.17 bits per heavy atom. The van der Waals surface area contributed by atoms with E-state index in [0.29, 0.717) is 11.8 Å². The first-order valence-electron chi connectivity index (χ1n) is 9.79. The van der Waals surface area contributed by atoms with Gasteiger partial charge in [0.05, 0.1) is 0 Å². The second kappa shape index (κ2) is 9.43. The van der Waals surface area contributed by atoms with Crippen LogP contribution in [0.3, 0.4) is 0 Å². The highest BCUT2D eigenvalue weighted by atomic mass is 15.3. The highest BCUT2D eigenvalue weighted by Crippen LogP contribution is 2.29. The maximum Gasteiger partial charge on any atom is 0.0314 e. The van der Waals surface area contributed by atoms with E-state index in [1.165, 1.54) is 57.4 Å². The molecule has 1 heterocycles.